The molecule has 2 aromatic rings. The van der Waals surface area contributed by atoms with Gasteiger partial charge in [-0.05, 0) is 89.7 Å². The summed E-state index contributed by atoms with van der Waals surface area (Å²) in [5.41, 5.74) is -0.369. The Morgan fingerprint density at radius 1 is 0.867 bits per heavy atom. The molecule has 6 saturated heterocycles. The highest BCUT2D eigenvalue weighted by molar-refractivity contribution is 5.97. The van der Waals surface area contributed by atoms with Crippen LogP contribution in [0.15, 0.2) is 48.1 Å². The maximum absolute atomic E-state index is 14.8. The number of nitrogens with one attached hydrogen (secondary N) is 2. The Balaban J connectivity index is 1.19. The number of H-pyrrole nitrogens is 2. The van der Waals surface area contributed by atoms with Crippen LogP contribution in [0.3, 0.4) is 0 Å². The maximum atomic E-state index is 14.8. The third-order valence-electron chi connectivity index (χ3n) is 10.9. The second-order valence-electron chi connectivity index (χ2n) is 13.3. The van der Waals surface area contributed by atoms with Gasteiger partial charge in [0.15, 0.2) is 17.6 Å². The molecule has 244 valence electrons. The number of piperidine rings is 6. The van der Waals surface area contributed by atoms with E-state index in [-0.39, 0.29) is 42.4 Å². The highest BCUT2D eigenvalue weighted by Gasteiger charge is 2.52. The summed E-state index contributed by atoms with van der Waals surface area (Å²) in [7, 11) is 1.51. The number of fused-ring (bicyclic) bond motifs is 6. The van der Waals surface area contributed by atoms with E-state index in [4.69, 9.17) is 14.2 Å². The van der Waals surface area contributed by atoms with E-state index in [2.05, 4.69) is 38.5 Å². The number of nitrogens with zero attached hydrogens (tertiary/aromatic N) is 3. The van der Waals surface area contributed by atoms with Crippen molar-refractivity contribution in [2.24, 2.45) is 11.8 Å². The van der Waals surface area contributed by atoms with E-state index >= 15 is 0 Å². The summed E-state index contributed by atoms with van der Waals surface area (Å²) in [5, 5.41) is 0. The van der Waals surface area contributed by atoms with Gasteiger partial charge < -0.3 is 24.1 Å². The maximum Gasteiger partial charge on any atom is 0.431 e. The lowest BCUT2D eigenvalue weighted by atomic mass is 9.73. The number of methoxy groups -OCH3 is 1. The van der Waals surface area contributed by atoms with E-state index in [1.54, 1.807) is 30.4 Å². The van der Waals surface area contributed by atoms with Gasteiger partial charge in [0.25, 0.3) is 11.7 Å². The van der Waals surface area contributed by atoms with Crippen molar-refractivity contribution in [2.75, 3.05) is 33.3 Å². The summed E-state index contributed by atoms with van der Waals surface area (Å²) in [6.45, 7) is 8.87. The Morgan fingerprint density at radius 3 is 1.84 bits per heavy atom. The van der Waals surface area contributed by atoms with Crippen molar-refractivity contribution in [3.8, 4) is 17.6 Å². The van der Waals surface area contributed by atoms with E-state index in [1.807, 2.05) is 0 Å². The second kappa shape index (κ2) is 11.5. The second-order valence-corrected chi connectivity index (χ2v) is 13.3. The third-order valence-corrected chi connectivity index (χ3v) is 10.9. The van der Waals surface area contributed by atoms with E-state index < -0.39 is 17.7 Å². The fraction of sp³-hybridized carbons (Fsp3) is 0.606. The normalized spacial score (nSPS) is 35.6. The van der Waals surface area contributed by atoms with Crippen LogP contribution >= 0.6 is 0 Å². The van der Waals surface area contributed by atoms with Crippen LogP contribution in [-0.4, -0.2) is 93.8 Å². The molecule has 0 saturated carbocycles. The van der Waals surface area contributed by atoms with Crippen LogP contribution in [0.4, 0.5) is 13.2 Å². The molecule has 0 radical (unpaired) electrons. The van der Waals surface area contributed by atoms with Crippen LogP contribution in [0.2, 0.25) is 0 Å². The number of ether oxygens (including phenoxy) is 3. The molecule has 5 atom stereocenters. The summed E-state index contributed by atoms with van der Waals surface area (Å²) in [6.07, 6.45) is 5.12. The van der Waals surface area contributed by atoms with Gasteiger partial charge in [-0.3, -0.25) is 19.6 Å². The van der Waals surface area contributed by atoms with Crippen LogP contribution in [-0.2, 0) is 11.0 Å². The smallest absolute Gasteiger partial charge is 0.431 e. The summed E-state index contributed by atoms with van der Waals surface area (Å²) in [5.74, 6) is 0.104. The minimum atomic E-state index is -4.55. The highest BCUT2D eigenvalue weighted by Crippen LogP contribution is 2.43. The topological polar surface area (TPSA) is 86.1 Å². The Labute approximate surface area is 261 Å². The molecule has 6 aliphatic heterocycles. The SMILES string of the molecule is COc1ccc(OC2(Oc3ccc(C(F)(F)F)[nH]3)C=CC(C(=O)N([C@@H]3C4CCN(CC4)[C@H]3C)[C@@H]3C4CCN(CC4)[C@H]3C)=CC2)[nH]1. The van der Waals surface area contributed by atoms with E-state index in [0.717, 1.165) is 57.9 Å². The van der Waals surface area contributed by atoms with E-state index in [1.165, 1.54) is 13.2 Å². The molecule has 45 heavy (non-hydrogen) atoms. The molecule has 9 nitrogen and oxygen atoms in total. The Morgan fingerprint density at radius 2 is 1.40 bits per heavy atom. The number of hydrogen-bond donors (Lipinski definition) is 2. The molecule has 4 bridgehead atoms. The lowest BCUT2D eigenvalue weighted by molar-refractivity contribution is -0.153. The molecular formula is C33H42F3N5O4. The number of carbonyl (C=O) groups excluding carboxylic acids is 1. The average molecular weight is 630 g/mol. The van der Waals surface area contributed by atoms with Gasteiger partial charge in [-0.15, -0.1) is 0 Å². The molecule has 9 rings (SSSR count). The van der Waals surface area contributed by atoms with Crippen LogP contribution in [0.1, 0.15) is 51.6 Å². The van der Waals surface area contributed by atoms with Gasteiger partial charge in [0.05, 0.1) is 19.2 Å². The molecule has 1 amide bonds. The number of carbonyl (C=O) groups is 1. The van der Waals surface area contributed by atoms with Gasteiger partial charge in [-0.1, -0.05) is 6.08 Å². The molecule has 2 aromatic heterocycles. The van der Waals surface area contributed by atoms with Gasteiger partial charge in [0, 0.05) is 48.4 Å². The zero-order valence-electron chi connectivity index (χ0n) is 26.0. The summed E-state index contributed by atoms with van der Waals surface area (Å²) in [4.78, 5) is 27.4. The zero-order valence-corrected chi connectivity index (χ0v) is 26.0. The molecule has 1 unspecified atom stereocenters. The van der Waals surface area contributed by atoms with Gasteiger partial charge >= 0.3 is 6.18 Å². The molecule has 0 spiro atoms. The third kappa shape index (κ3) is 5.54. The van der Waals surface area contributed by atoms with Crippen LogP contribution < -0.4 is 14.2 Å². The van der Waals surface area contributed by atoms with Crippen molar-refractivity contribution in [1.82, 2.24) is 24.7 Å². The highest BCUT2D eigenvalue weighted by atomic mass is 19.4. The molecule has 12 heteroatoms. The van der Waals surface area contributed by atoms with Crippen molar-refractivity contribution in [3.63, 3.8) is 0 Å². The van der Waals surface area contributed by atoms with Crippen molar-refractivity contribution >= 4 is 5.91 Å². The largest absolute Gasteiger partial charge is 0.482 e. The van der Waals surface area contributed by atoms with Crippen molar-refractivity contribution in [3.05, 3.63) is 53.8 Å². The summed E-state index contributed by atoms with van der Waals surface area (Å²) >= 11 is 0. The Bertz CT molecular complexity index is 1410. The molecule has 1 aliphatic carbocycles. The number of aromatic amines is 2. The predicted octanol–water partition coefficient (Wildman–Crippen LogP) is 5.20. The fourth-order valence-corrected chi connectivity index (χ4v) is 8.54. The lowest BCUT2D eigenvalue weighted by Crippen LogP contribution is -2.71. The number of amides is 1. The summed E-state index contributed by atoms with van der Waals surface area (Å²) < 4.78 is 57.6. The van der Waals surface area contributed by atoms with Crippen molar-refractivity contribution in [2.45, 2.75) is 82.1 Å². The molecule has 0 aromatic carbocycles. The first-order chi connectivity index (χ1) is 21.5. The number of aromatic nitrogens is 2. The van der Waals surface area contributed by atoms with Crippen LogP contribution in [0, 0.1) is 11.8 Å². The minimum absolute atomic E-state index is 0.0109. The minimum Gasteiger partial charge on any atom is -0.482 e. The molecule has 6 fully saturated rings. The fourth-order valence-electron chi connectivity index (χ4n) is 8.54. The van der Waals surface area contributed by atoms with Crippen molar-refractivity contribution in [1.29, 1.82) is 0 Å². The number of hydrogen-bond acceptors (Lipinski definition) is 6. The van der Waals surface area contributed by atoms with E-state index in [0.29, 0.717) is 29.2 Å². The lowest BCUT2D eigenvalue weighted by Gasteiger charge is -2.60. The first kappa shape index (κ1) is 30.3. The summed E-state index contributed by atoms with van der Waals surface area (Å²) in [6, 6.07) is 6.32. The molecule has 8 heterocycles. The van der Waals surface area contributed by atoms with Gasteiger partial charge in [-0.2, -0.15) is 13.2 Å². The Hall–Kier alpha value is -3.38. The predicted molar refractivity (Wildman–Crippen MR) is 161 cm³/mol. The van der Waals surface area contributed by atoms with Crippen molar-refractivity contribution < 1.29 is 32.2 Å². The zero-order chi connectivity index (χ0) is 31.5. The van der Waals surface area contributed by atoms with Crippen LogP contribution in [0.5, 0.6) is 17.6 Å². The number of rotatable bonds is 8. The van der Waals surface area contributed by atoms with Crippen LogP contribution in [0.25, 0.3) is 0 Å². The first-order valence-corrected chi connectivity index (χ1v) is 16.1. The van der Waals surface area contributed by atoms with E-state index in [9.17, 15) is 18.0 Å². The average Bonchev–Trinajstić information content (AvgIpc) is 3.70. The Kier molecular flexibility index (Phi) is 7.71. The number of halogens is 3. The first-order valence-electron chi connectivity index (χ1n) is 16.1. The molecule has 2 N–H and O–H groups in total. The van der Waals surface area contributed by atoms with Gasteiger partial charge in [0.2, 0.25) is 0 Å². The number of alkyl halides is 3. The van der Waals surface area contributed by atoms with Gasteiger partial charge in [-0.25, -0.2) is 0 Å². The quantitative estimate of drug-likeness (QED) is 0.391. The van der Waals surface area contributed by atoms with Gasteiger partial charge in [0.1, 0.15) is 5.69 Å². The standard InChI is InChI=1S/C33H42F3N5O4/c1-20-29(22-10-16-39(20)17-11-22)41(30-21(2)40-18-12-23(30)13-19-40)31(42)24-8-14-32(15-9-24,45-28-7-6-26(38-28)43-3)44-27-5-4-25(37-27)33(34,35)36/h4-9,14,20-23,29-30,37-38H,10-13,15-19H2,1-3H3/t20-,21-,29-,30-,32?/m0/s1. The monoisotopic (exact) mass is 629 g/mol. The molecule has 7 aliphatic rings. The molecular weight excluding hydrogens is 587 g/mol.